The Hall–Kier alpha value is -3.57. The van der Waals surface area contributed by atoms with Crippen molar-refractivity contribution >= 4 is 45.6 Å². The standard InChI is InChI=1S/C22H20ClN5O3/c1-28(17-5-4-14(30-2)9-18(17)31-3)21-16-11-25-20(8-12(16)7-19(23)26-21)27-22(29)15-6-13(15)10-24/h4-5,7-9,11,13,15H,6H2,1-3H3,(H,25,27,29). The van der Waals surface area contributed by atoms with Gasteiger partial charge in [0.15, 0.2) is 0 Å². The number of halogens is 1. The summed E-state index contributed by atoms with van der Waals surface area (Å²) in [5.41, 5.74) is 0.771. The molecule has 2 aromatic heterocycles. The van der Waals surface area contributed by atoms with Crippen molar-refractivity contribution in [2.75, 3.05) is 31.5 Å². The van der Waals surface area contributed by atoms with E-state index in [0.29, 0.717) is 34.7 Å². The van der Waals surface area contributed by atoms with Gasteiger partial charge in [0, 0.05) is 24.7 Å². The van der Waals surface area contributed by atoms with Crippen molar-refractivity contribution < 1.29 is 14.3 Å². The number of nitriles is 1. The minimum Gasteiger partial charge on any atom is -0.497 e. The second-order valence-corrected chi connectivity index (χ2v) is 7.61. The van der Waals surface area contributed by atoms with E-state index in [2.05, 4.69) is 21.4 Å². The third-order valence-corrected chi connectivity index (χ3v) is 5.47. The Morgan fingerprint density at radius 3 is 2.77 bits per heavy atom. The molecular weight excluding hydrogens is 418 g/mol. The summed E-state index contributed by atoms with van der Waals surface area (Å²) in [7, 11) is 5.03. The second-order valence-electron chi connectivity index (χ2n) is 7.22. The van der Waals surface area contributed by atoms with Crippen LogP contribution < -0.4 is 19.7 Å². The number of aromatic nitrogens is 2. The Balaban J connectivity index is 1.69. The van der Waals surface area contributed by atoms with Crippen LogP contribution in [0.2, 0.25) is 5.15 Å². The molecule has 1 aliphatic rings. The van der Waals surface area contributed by atoms with E-state index in [1.54, 1.807) is 38.6 Å². The lowest BCUT2D eigenvalue weighted by Crippen LogP contribution is -2.16. The van der Waals surface area contributed by atoms with Crippen LogP contribution in [0.4, 0.5) is 17.3 Å². The molecule has 1 saturated carbocycles. The molecule has 2 heterocycles. The molecule has 3 aromatic rings. The van der Waals surface area contributed by atoms with Crippen molar-refractivity contribution in [3.63, 3.8) is 0 Å². The van der Waals surface area contributed by atoms with Gasteiger partial charge in [-0.25, -0.2) is 9.97 Å². The van der Waals surface area contributed by atoms with Gasteiger partial charge in [-0.15, -0.1) is 0 Å². The normalized spacial score (nSPS) is 17.0. The summed E-state index contributed by atoms with van der Waals surface area (Å²) >= 11 is 6.30. The molecule has 31 heavy (non-hydrogen) atoms. The molecule has 9 heteroatoms. The van der Waals surface area contributed by atoms with Gasteiger partial charge in [-0.05, 0) is 36.1 Å². The smallest absolute Gasteiger partial charge is 0.230 e. The van der Waals surface area contributed by atoms with Gasteiger partial charge in [0.2, 0.25) is 5.91 Å². The van der Waals surface area contributed by atoms with E-state index in [0.717, 1.165) is 16.5 Å². The van der Waals surface area contributed by atoms with Gasteiger partial charge in [-0.2, -0.15) is 5.26 Å². The second kappa shape index (κ2) is 8.28. The molecule has 2 unspecified atom stereocenters. The Labute approximate surface area is 184 Å². The number of amides is 1. The summed E-state index contributed by atoms with van der Waals surface area (Å²) in [4.78, 5) is 23.0. The largest absolute Gasteiger partial charge is 0.497 e. The maximum atomic E-state index is 12.3. The van der Waals surface area contributed by atoms with Gasteiger partial charge in [-0.1, -0.05) is 11.6 Å². The minimum absolute atomic E-state index is 0.195. The Kier molecular flexibility index (Phi) is 5.53. The highest BCUT2D eigenvalue weighted by Crippen LogP contribution is 2.40. The molecule has 0 saturated heterocycles. The molecule has 8 nitrogen and oxygen atoms in total. The monoisotopic (exact) mass is 437 g/mol. The lowest BCUT2D eigenvalue weighted by atomic mass is 10.2. The zero-order valence-electron chi connectivity index (χ0n) is 17.2. The van der Waals surface area contributed by atoms with Crippen LogP contribution in [0.15, 0.2) is 36.5 Å². The van der Waals surface area contributed by atoms with Gasteiger partial charge < -0.3 is 19.7 Å². The molecule has 0 spiro atoms. The molecule has 1 aliphatic carbocycles. The first-order chi connectivity index (χ1) is 14.9. The molecule has 1 fully saturated rings. The fraction of sp³-hybridized carbons (Fsp3) is 0.273. The number of carbonyl (C=O) groups is 1. The number of hydrogen-bond donors (Lipinski definition) is 1. The first kappa shape index (κ1) is 20.7. The zero-order chi connectivity index (χ0) is 22.1. The van der Waals surface area contributed by atoms with Gasteiger partial charge in [0.1, 0.15) is 28.3 Å². The third-order valence-electron chi connectivity index (χ3n) is 5.27. The number of hydrogen-bond acceptors (Lipinski definition) is 7. The fourth-order valence-corrected chi connectivity index (χ4v) is 3.64. The fourth-order valence-electron chi connectivity index (χ4n) is 3.45. The summed E-state index contributed by atoms with van der Waals surface area (Å²) in [6, 6.07) is 11.1. The van der Waals surface area contributed by atoms with Crippen LogP contribution in [0.5, 0.6) is 11.5 Å². The van der Waals surface area contributed by atoms with E-state index in [4.69, 9.17) is 26.3 Å². The number of nitrogens with one attached hydrogen (secondary N) is 1. The minimum atomic E-state index is -0.271. The van der Waals surface area contributed by atoms with Crippen molar-refractivity contribution in [1.29, 1.82) is 5.26 Å². The molecule has 0 radical (unpaired) electrons. The van der Waals surface area contributed by atoms with Gasteiger partial charge >= 0.3 is 0 Å². The molecule has 1 aromatic carbocycles. The average Bonchev–Trinajstić information content (AvgIpc) is 3.57. The van der Waals surface area contributed by atoms with E-state index >= 15 is 0 Å². The van der Waals surface area contributed by atoms with Crippen LogP contribution in [0.25, 0.3) is 10.8 Å². The maximum Gasteiger partial charge on any atom is 0.230 e. The van der Waals surface area contributed by atoms with E-state index < -0.39 is 0 Å². The summed E-state index contributed by atoms with van der Waals surface area (Å²) in [5, 5.41) is 13.5. The van der Waals surface area contributed by atoms with Crippen molar-refractivity contribution in [2.45, 2.75) is 6.42 Å². The van der Waals surface area contributed by atoms with E-state index in [9.17, 15) is 4.79 Å². The van der Waals surface area contributed by atoms with Crippen LogP contribution in [-0.2, 0) is 4.79 Å². The number of fused-ring (bicyclic) bond motifs is 1. The maximum absolute atomic E-state index is 12.3. The van der Waals surface area contributed by atoms with Crippen molar-refractivity contribution in [2.24, 2.45) is 11.8 Å². The van der Waals surface area contributed by atoms with Gasteiger partial charge in [-0.3, -0.25) is 4.79 Å². The molecule has 4 rings (SSSR count). The number of benzene rings is 1. The highest BCUT2D eigenvalue weighted by Gasteiger charge is 2.43. The molecular formula is C22H20ClN5O3. The first-order valence-corrected chi connectivity index (χ1v) is 9.95. The average molecular weight is 438 g/mol. The number of carbonyl (C=O) groups excluding carboxylic acids is 1. The Bertz CT molecular complexity index is 1210. The number of methoxy groups -OCH3 is 2. The summed E-state index contributed by atoms with van der Waals surface area (Å²) in [5.74, 6) is 1.60. The van der Waals surface area contributed by atoms with Crippen LogP contribution >= 0.6 is 11.6 Å². The SMILES string of the molecule is COc1ccc(N(C)c2nc(Cl)cc3cc(NC(=O)C4CC4C#N)ncc23)c(OC)c1. The highest BCUT2D eigenvalue weighted by atomic mass is 35.5. The number of ether oxygens (including phenoxy) is 2. The molecule has 2 atom stereocenters. The number of nitrogens with zero attached hydrogens (tertiary/aromatic N) is 4. The lowest BCUT2D eigenvalue weighted by molar-refractivity contribution is -0.117. The topological polar surface area (TPSA) is 100 Å². The third kappa shape index (κ3) is 4.05. The van der Waals surface area contributed by atoms with Crippen LogP contribution in [0, 0.1) is 23.2 Å². The van der Waals surface area contributed by atoms with Crippen molar-refractivity contribution in [1.82, 2.24) is 9.97 Å². The highest BCUT2D eigenvalue weighted by molar-refractivity contribution is 6.30. The summed E-state index contributed by atoms with van der Waals surface area (Å²) in [6.45, 7) is 0. The van der Waals surface area contributed by atoms with Gasteiger partial charge in [0.25, 0.3) is 0 Å². The van der Waals surface area contributed by atoms with E-state index in [1.807, 2.05) is 24.1 Å². The van der Waals surface area contributed by atoms with E-state index in [1.165, 1.54) is 0 Å². The molecule has 0 aliphatic heterocycles. The van der Waals surface area contributed by atoms with Crippen LogP contribution in [-0.4, -0.2) is 37.1 Å². The van der Waals surface area contributed by atoms with Crippen molar-refractivity contribution in [3.05, 3.63) is 41.7 Å². The lowest BCUT2D eigenvalue weighted by Gasteiger charge is -2.23. The molecule has 0 bridgehead atoms. The molecule has 1 N–H and O–H groups in total. The Morgan fingerprint density at radius 1 is 1.29 bits per heavy atom. The van der Waals surface area contributed by atoms with Gasteiger partial charge in [0.05, 0.1) is 37.8 Å². The molecule has 158 valence electrons. The summed E-state index contributed by atoms with van der Waals surface area (Å²) < 4.78 is 10.8. The first-order valence-electron chi connectivity index (χ1n) is 9.57. The predicted octanol–water partition coefficient (Wildman–Crippen LogP) is 4.17. The summed E-state index contributed by atoms with van der Waals surface area (Å²) in [6.07, 6.45) is 2.23. The molecule has 1 amide bonds. The van der Waals surface area contributed by atoms with E-state index in [-0.39, 0.29) is 17.7 Å². The number of rotatable bonds is 6. The van der Waals surface area contributed by atoms with Crippen molar-refractivity contribution in [3.8, 4) is 17.6 Å². The number of pyridine rings is 2. The number of anilines is 3. The zero-order valence-corrected chi connectivity index (χ0v) is 18.0. The Morgan fingerprint density at radius 2 is 2.10 bits per heavy atom. The predicted molar refractivity (Wildman–Crippen MR) is 118 cm³/mol. The van der Waals surface area contributed by atoms with Crippen LogP contribution in [0.1, 0.15) is 6.42 Å². The quantitative estimate of drug-likeness (QED) is 0.577. The van der Waals surface area contributed by atoms with Crippen LogP contribution in [0.3, 0.4) is 0 Å².